The van der Waals surface area contributed by atoms with E-state index in [4.69, 9.17) is 4.74 Å². The van der Waals surface area contributed by atoms with Crippen molar-refractivity contribution in [1.82, 2.24) is 9.97 Å². The van der Waals surface area contributed by atoms with E-state index < -0.39 is 21.7 Å². The molecule has 0 atom stereocenters. The molecule has 2 aromatic carbocycles. The highest BCUT2D eigenvalue weighted by Crippen LogP contribution is 2.23. The molecule has 0 spiro atoms. The number of carbonyl (C=O) groups is 1. The summed E-state index contributed by atoms with van der Waals surface area (Å²) >= 11 is 0. The summed E-state index contributed by atoms with van der Waals surface area (Å²) in [5, 5.41) is 2.68. The van der Waals surface area contributed by atoms with Crippen LogP contribution < -0.4 is 14.8 Å². The predicted octanol–water partition coefficient (Wildman–Crippen LogP) is 4.25. The Balaban J connectivity index is 1.43. The molecule has 0 radical (unpaired) electrons. The van der Waals surface area contributed by atoms with Gasteiger partial charge >= 0.3 is 0 Å². The van der Waals surface area contributed by atoms with E-state index in [0.717, 1.165) is 17.7 Å². The van der Waals surface area contributed by atoms with Gasteiger partial charge in [-0.15, -0.1) is 0 Å². The number of sulfonamides is 1. The number of rotatable bonds is 8. The van der Waals surface area contributed by atoms with Crippen molar-refractivity contribution in [3.63, 3.8) is 0 Å². The smallest absolute Gasteiger partial charge is 0.261 e. The first kappa shape index (κ1) is 22.9. The molecule has 10 heteroatoms. The zero-order valence-electron chi connectivity index (χ0n) is 17.7. The Morgan fingerprint density at radius 2 is 1.62 bits per heavy atom. The van der Waals surface area contributed by atoms with Crippen LogP contribution in [0, 0.1) is 5.82 Å². The Labute approximate surface area is 195 Å². The average molecular weight is 479 g/mol. The molecule has 0 saturated heterocycles. The van der Waals surface area contributed by atoms with Crippen LogP contribution in [0.25, 0.3) is 0 Å². The molecule has 0 aliphatic heterocycles. The van der Waals surface area contributed by atoms with Crippen LogP contribution in [0.2, 0.25) is 0 Å². The van der Waals surface area contributed by atoms with E-state index in [-0.39, 0.29) is 28.6 Å². The van der Waals surface area contributed by atoms with Gasteiger partial charge in [-0.25, -0.2) is 17.8 Å². The van der Waals surface area contributed by atoms with E-state index in [1.807, 2.05) is 12.1 Å². The minimum absolute atomic E-state index is 0.0485. The van der Waals surface area contributed by atoms with Gasteiger partial charge in [0.05, 0.1) is 4.90 Å². The van der Waals surface area contributed by atoms with Gasteiger partial charge in [0.25, 0.3) is 15.9 Å². The van der Waals surface area contributed by atoms with Gasteiger partial charge in [-0.05, 0) is 78.4 Å². The second kappa shape index (κ2) is 10.1. The molecule has 1 amide bonds. The van der Waals surface area contributed by atoms with Gasteiger partial charge in [0.1, 0.15) is 12.4 Å². The number of benzene rings is 2. The number of anilines is 2. The van der Waals surface area contributed by atoms with Crippen molar-refractivity contribution in [2.45, 2.75) is 11.5 Å². The summed E-state index contributed by atoms with van der Waals surface area (Å²) < 4.78 is 46.3. The summed E-state index contributed by atoms with van der Waals surface area (Å²) in [6.45, 7) is 0.269. The third-order valence-electron chi connectivity index (χ3n) is 4.67. The molecule has 34 heavy (non-hydrogen) atoms. The Bertz CT molecular complexity index is 1380. The van der Waals surface area contributed by atoms with Gasteiger partial charge in [0.2, 0.25) is 0 Å². The highest BCUT2D eigenvalue weighted by Gasteiger charge is 2.16. The molecule has 2 heterocycles. The number of carbonyl (C=O) groups excluding carboxylic acids is 1. The van der Waals surface area contributed by atoms with Crippen molar-refractivity contribution in [2.75, 3.05) is 10.0 Å². The molecule has 8 nitrogen and oxygen atoms in total. The number of hydrogen-bond acceptors (Lipinski definition) is 6. The number of nitrogens with zero attached hydrogens (tertiary/aromatic N) is 2. The van der Waals surface area contributed by atoms with Crippen LogP contribution in [0.1, 0.15) is 15.9 Å². The summed E-state index contributed by atoms with van der Waals surface area (Å²) in [5.74, 6) is -0.341. The highest BCUT2D eigenvalue weighted by molar-refractivity contribution is 7.92. The maximum atomic E-state index is 13.0. The first-order valence-electron chi connectivity index (χ1n) is 10.1. The zero-order valence-corrected chi connectivity index (χ0v) is 18.5. The minimum atomic E-state index is -3.91. The fourth-order valence-electron chi connectivity index (χ4n) is 2.94. The predicted molar refractivity (Wildman–Crippen MR) is 124 cm³/mol. The molecule has 0 aliphatic carbocycles. The van der Waals surface area contributed by atoms with Gasteiger partial charge in [-0.1, -0.05) is 0 Å². The molecular weight excluding hydrogens is 459 g/mol. The van der Waals surface area contributed by atoms with Crippen LogP contribution >= 0.6 is 0 Å². The number of ether oxygens (including phenoxy) is 1. The number of halogens is 1. The Hall–Kier alpha value is -4.31. The van der Waals surface area contributed by atoms with Gasteiger partial charge in [0, 0.05) is 29.8 Å². The minimum Gasteiger partial charge on any atom is -0.485 e. The van der Waals surface area contributed by atoms with Crippen LogP contribution in [0.4, 0.5) is 15.9 Å². The van der Waals surface area contributed by atoms with Crippen LogP contribution in [0.5, 0.6) is 5.75 Å². The molecule has 2 N–H and O–H groups in total. The first-order valence-corrected chi connectivity index (χ1v) is 11.6. The number of hydrogen-bond donors (Lipinski definition) is 2. The van der Waals surface area contributed by atoms with Crippen molar-refractivity contribution in [2.24, 2.45) is 0 Å². The van der Waals surface area contributed by atoms with E-state index in [0.29, 0.717) is 5.75 Å². The summed E-state index contributed by atoms with van der Waals surface area (Å²) in [7, 11) is -3.91. The van der Waals surface area contributed by atoms with E-state index in [2.05, 4.69) is 20.0 Å². The largest absolute Gasteiger partial charge is 0.485 e. The standard InChI is InChI=1S/C24H19FN4O4S/c25-19-5-7-20(8-6-19)29-34(31,32)21-9-3-18(4-10-21)24(30)28-23-22(2-1-13-27-23)33-16-17-11-14-26-15-12-17/h1-15,29H,16H2,(H,27,28,30). The van der Waals surface area contributed by atoms with Gasteiger partial charge in [0.15, 0.2) is 11.6 Å². The lowest BCUT2D eigenvalue weighted by Crippen LogP contribution is -2.15. The summed E-state index contributed by atoms with van der Waals surface area (Å²) in [6, 6.07) is 17.3. The van der Waals surface area contributed by atoms with Crippen molar-refractivity contribution < 1.29 is 22.3 Å². The normalized spacial score (nSPS) is 11.0. The molecule has 172 valence electrons. The van der Waals surface area contributed by atoms with Crippen LogP contribution in [0.3, 0.4) is 0 Å². The third-order valence-corrected chi connectivity index (χ3v) is 6.07. The summed E-state index contributed by atoms with van der Waals surface area (Å²) in [5.41, 5.74) is 1.35. The fraction of sp³-hybridized carbons (Fsp3) is 0.0417. The third kappa shape index (κ3) is 5.73. The molecular formula is C24H19FN4O4S. The van der Waals surface area contributed by atoms with Gasteiger partial charge in [-0.3, -0.25) is 14.5 Å². The van der Waals surface area contributed by atoms with E-state index >= 15 is 0 Å². The van der Waals surface area contributed by atoms with Crippen LogP contribution in [0.15, 0.2) is 96.3 Å². The molecule has 0 unspecified atom stereocenters. The molecule has 4 rings (SSSR count). The van der Waals surface area contributed by atoms with E-state index in [1.54, 1.807) is 24.5 Å². The second-order valence-electron chi connectivity index (χ2n) is 7.09. The molecule has 0 bridgehead atoms. The lowest BCUT2D eigenvalue weighted by molar-refractivity contribution is 0.102. The first-order chi connectivity index (χ1) is 16.4. The van der Waals surface area contributed by atoms with Crippen molar-refractivity contribution >= 4 is 27.4 Å². The maximum Gasteiger partial charge on any atom is 0.261 e. The highest BCUT2D eigenvalue weighted by atomic mass is 32.2. The SMILES string of the molecule is O=C(Nc1ncccc1OCc1ccncc1)c1ccc(S(=O)(=O)Nc2ccc(F)cc2)cc1. The lowest BCUT2D eigenvalue weighted by Gasteiger charge is -2.12. The molecule has 0 saturated carbocycles. The number of aromatic nitrogens is 2. The Morgan fingerprint density at radius 1 is 0.912 bits per heavy atom. The molecule has 2 aromatic heterocycles. The summed E-state index contributed by atoms with van der Waals surface area (Å²) in [6.07, 6.45) is 4.83. The number of amides is 1. The number of pyridine rings is 2. The van der Waals surface area contributed by atoms with E-state index in [1.165, 1.54) is 42.6 Å². The Kier molecular flexibility index (Phi) is 6.79. The van der Waals surface area contributed by atoms with Gasteiger partial charge < -0.3 is 10.1 Å². The topological polar surface area (TPSA) is 110 Å². The van der Waals surface area contributed by atoms with Crippen LogP contribution in [-0.2, 0) is 16.6 Å². The van der Waals surface area contributed by atoms with Crippen molar-refractivity contribution in [1.29, 1.82) is 0 Å². The zero-order chi connectivity index (χ0) is 24.0. The van der Waals surface area contributed by atoms with Gasteiger partial charge in [-0.2, -0.15) is 0 Å². The maximum absolute atomic E-state index is 13.0. The van der Waals surface area contributed by atoms with Crippen molar-refractivity contribution in [3.05, 3.63) is 108 Å². The van der Waals surface area contributed by atoms with Crippen molar-refractivity contribution in [3.8, 4) is 5.75 Å². The number of nitrogens with one attached hydrogen (secondary N) is 2. The lowest BCUT2D eigenvalue weighted by atomic mass is 10.2. The summed E-state index contributed by atoms with van der Waals surface area (Å²) in [4.78, 5) is 20.8. The Morgan fingerprint density at radius 3 is 2.32 bits per heavy atom. The fourth-order valence-corrected chi connectivity index (χ4v) is 4.00. The molecule has 0 aliphatic rings. The second-order valence-corrected chi connectivity index (χ2v) is 8.77. The van der Waals surface area contributed by atoms with E-state index in [9.17, 15) is 17.6 Å². The quantitative estimate of drug-likeness (QED) is 0.392. The monoisotopic (exact) mass is 478 g/mol. The molecule has 0 fully saturated rings. The van der Waals surface area contributed by atoms with Crippen LogP contribution in [-0.4, -0.2) is 24.3 Å². The average Bonchev–Trinajstić information content (AvgIpc) is 2.85. The molecule has 4 aromatic rings.